The molecule has 1 fully saturated rings. The third-order valence-electron chi connectivity index (χ3n) is 3.73. The van der Waals surface area contributed by atoms with Crippen molar-refractivity contribution in [1.29, 1.82) is 0 Å². The van der Waals surface area contributed by atoms with Crippen LogP contribution < -0.4 is 5.73 Å². The molecule has 4 nitrogen and oxygen atoms in total. The molecule has 1 aromatic carbocycles. The average Bonchev–Trinajstić information content (AvgIpc) is 2.33. The van der Waals surface area contributed by atoms with Gasteiger partial charge in [0.05, 0.1) is 4.90 Å². The normalized spacial score (nSPS) is 24.3. The van der Waals surface area contributed by atoms with Gasteiger partial charge >= 0.3 is 0 Å². The zero-order valence-electron chi connectivity index (χ0n) is 11.1. The zero-order valence-corrected chi connectivity index (χ0v) is 13.5. The minimum absolute atomic E-state index is 0.0452. The maximum absolute atomic E-state index is 12.6. The predicted octanol–water partition coefficient (Wildman–Crippen LogP) is 2.20. The van der Waals surface area contributed by atoms with Crippen molar-refractivity contribution in [2.24, 2.45) is 11.1 Å². The van der Waals surface area contributed by atoms with Gasteiger partial charge in [-0.2, -0.15) is 4.31 Å². The molecule has 0 spiro atoms. The second-order valence-corrected chi connectivity index (χ2v) is 8.53. The van der Waals surface area contributed by atoms with Gasteiger partial charge in [-0.3, -0.25) is 0 Å². The van der Waals surface area contributed by atoms with Crippen molar-refractivity contribution in [2.75, 3.05) is 13.1 Å². The molecule has 2 N–H and O–H groups in total. The Kier molecular flexibility index (Phi) is 4.07. The molecule has 0 saturated carbocycles. The summed E-state index contributed by atoms with van der Waals surface area (Å²) in [5.41, 5.74) is 5.86. The van der Waals surface area contributed by atoms with E-state index in [-0.39, 0.29) is 11.5 Å². The number of piperidine rings is 1. The molecule has 0 aliphatic carbocycles. The minimum Gasteiger partial charge on any atom is -0.327 e. The second kappa shape index (κ2) is 5.16. The van der Waals surface area contributed by atoms with E-state index < -0.39 is 10.0 Å². The lowest BCUT2D eigenvalue weighted by molar-refractivity contribution is 0.155. The van der Waals surface area contributed by atoms with Gasteiger partial charge in [0.1, 0.15) is 0 Å². The summed E-state index contributed by atoms with van der Waals surface area (Å²) in [7, 11) is -3.42. The molecule has 1 aliphatic heterocycles. The molecule has 1 aliphatic rings. The molecule has 0 radical (unpaired) electrons. The molecule has 1 saturated heterocycles. The first-order chi connectivity index (χ1) is 8.73. The summed E-state index contributed by atoms with van der Waals surface area (Å²) in [5.74, 6) is 0. The van der Waals surface area contributed by atoms with Crippen LogP contribution in [-0.2, 0) is 10.0 Å². The molecule has 2 rings (SSSR count). The first-order valence-electron chi connectivity index (χ1n) is 6.25. The van der Waals surface area contributed by atoms with E-state index in [0.717, 1.165) is 4.47 Å². The van der Waals surface area contributed by atoms with E-state index in [4.69, 9.17) is 5.73 Å². The Balaban J connectivity index is 2.28. The predicted molar refractivity (Wildman–Crippen MR) is 79.3 cm³/mol. The summed E-state index contributed by atoms with van der Waals surface area (Å²) < 4.78 is 27.5. The van der Waals surface area contributed by atoms with E-state index in [1.54, 1.807) is 28.6 Å². The highest BCUT2D eigenvalue weighted by atomic mass is 79.9. The van der Waals surface area contributed by atoms with Crippen LogP contribution in [0.3, 0.4) is 0 Å². The van der Waals surface area contributed by atoms with E-state index in [0.29, 0.717) is 24.4 Å². The van der Waals surface area contributed by atoms with Crippen LogP contribution >= 0.6 is 15.9 Å². The fourth-order valence-electron chi connectivity index (χ4n) is 2.29. The molecular formula is C13H19BrN2O2S. The van der Waals surface area contributed by atoms with Crippen molar-refractivity contribution in [3.63, 3.8) is 0 Å². The van der Waals surface area contributed by atoms with Crippen LogP contribution in [-0.4, -0.2) is 31.9 Å². The zero-order chi connectivity index (χ0) is 14.3. The Hall–Kier alpha value is -0.430. The van der Waals surface area contributed by atoms with Gasteiger partial charge in [-0.1, -0.05) is 29.8 Å². The van der Waals surface area contributed by atoms with Gasteiger partial charge in [0.25, 0.3) is 0 Å². The molecule has 1 unspecified atom stereocenters. The summed E-state index contributed by atoms with van der Waals surface area (Å²) >= 11 is 3.31. The van der Waals surface area contributed by atoms with Crippen LogP contribution in [0.25, 0.3) is 0 Å². The average molecular weight is 347 g/mol. The number of rotatable bonds is 2. The lowest BCUT2D eigenvalue weighted by Crippen LogP contribution is -2.53. The van der Waals surface area contributed by atoms with E-state index in [1.807, 2.05) is 13.8 Å². The molecule has 0 amide bonds. The van der Waals surface area contributed by atoms with Crippen molar-refractivity contribution >= 4 is 26.0 Å². The Bertz CT molecular complexity index is 555. The number of nitrogens with zero attached hydrogens (tertiary/aromatic N) is 1. The molecule has 1 atom stereocenters. The van der Waals surface area contributed by atoms with Crippen LogP contribution in [0.15, 0.2) is 33.6 Å². The van der Waals surface area contributed by atoms with Crippen molar-refractivity contribution in [3.8, 4) is 0 Å². The van der Waals surface area contributed by atoms with Crippen molar-refractivity contribution in [3.05, 3.63) is 28.7 Å². The summed E-state index contributed by atoms with van der Waals surface area (Å²) in [6.45, 7) is 4.98. The largest absolute Gasteiger partial charge is 0.327 e. The van der Waals surface area contributed by atoms with E-state index in [9.17, 15) is 8.42 Å². The van der Waals surface area contributed by atoms with Gasteiger partial charge in [-0.05, 0) is 36.1 Å². The highest BCUT2D eigenvalue weighted by Crippen LogP contribution is 2.31. The first kappa shape index (κ1) is 15.0. The third-order valence-corrected chi connectivity index (χ3v) is 6.12. The first-order valence-corrected chi connectivity index (χ1v) is 8.48. The Morgan fingerprint density at radius 3 is 2.42 bits per heavy atom. The van der Waals surface area contributed by atoms with Crippen molar-refractivity contribution < 1.29 is 8.42 Å². The van der Waals surface area contributed by atoms with Gasteiger partial charge in [0.2, 0.25) is 10.0 Å². The van der Waals surface area contributed by atoms with E-state index in [1.165, 1.54) is 0 Å². The van der Waals surface area contributed by atoms with E-state index >= 15 is 0 Å². The van der Waals surface area contributed by atoms with Gasteiger partial charge in [-0.15, -0.1) is 0 Å². The summed E-state index contributed by atoms with van der Waals surface area (Å²) in [4.78, 5) is 0.335. The monoisotopic (exact) mass is 346 g/mol. The Morgan fingerprint density at radius 2 is 1.89 bits per heavy atom. The third kappa shape index (κ3) is 3.02. The number of halogens is 1. The van der Waals surface area contributed by atoms with Gasteiger partial charge in [0.15, 0.2) is 0 Å². The van der Waals surface area contributed by atoms with Crippen LogP contribution in [0, 0.1) is 5.41 Å². The fraction of sp³-hybridized carbons (Fsp3) is 0.538. The topological polar surface area (TPSA) is 63.4 Å². The number of hydrogen-bond acceptors (Lipinski definition) is 3. The molecule has 0 bridgehead atoms. The molecule has 6 heteroatoms. The number of hydrogen-bond donors (Lipinski definition) is 1. The maximum atomic E-state index is 12.6. The summed E-state index contributed by atoms with van der Waals surface area (Å²) in [6, 6.07) is 6.78. The lowest BCUT2D eigenvalue weighted by atomic mass is 9.81. The summed E-state index contributed by atoms with van der Waals surface area (Å²) in [5, 5.41) is 0. The highest BCUT2D eigenvalue weighted by molar-refractivity contribution is 9.10. The number of sulfonamides is 1. The number of benzene rings is 1. The smallest absolute Gasteiger partial charge is 0.243 e. The van der Waals surface area contributed by atoms with Crippen LogP contribution in [0.4, 0.5) is 0 Å². The lowest BCUT2D eigenvalue weighted by Gasteiger charge is -2.41. The molecule has 1 heterocycles. The van der Waals surface area contributed by atoms with E-state index in [2.05, 4.69) is 15.9 Å². The van der Waals surface area contributed by atoms with Crippen LogP contribution in [0.1, 0.15) is 20.3 Å². The minimum atomic E-state index is -3.42. The fourth-order valence-corrected chi connectivity index (χ4v) is 4.18. The van der Waals surface area contributed by atoms with Crippen molar-refractivity contribution in [2.45, 2.75) is 31.2 Å². The van der Waals surface area contributed by atoms with Crippen LogP contribution in [0.2, 0.25) is 0 Å². The van der Waals surface area contributed by atoms with Gasteiger partial charge < -0.3 is 5.73 Å². The summed E-state index contributed by atoms with van der Waals surface area (Å²) in [6.07, 6.45) is 0.697. The van der Waals surface area contributed by atoms with Gasteiger partial charge in [0, 0.05) is 23.6 Å². The quantitative estimate of drug-likeness (QED) is 0.892. The molecule has 0 aromatic heterocycles. The molecule has 19 heavy (non-hydrogen) atoms. The Labute approximate surface area is 123 Å². The maximum Gasteiger partial charge on any atom is 0.243 e. The number of nitrogens with two attached hydrogens (primary N) is 1. The Morgan fingerprint density at radius 1 is 1.32 bits per heavy atom. The van der Waals surface area contributed by atoms with Crippen molar-refractivity contribution in [1.82, 2.24) is 4.31 Å². The van der Waals surface area contributed by atoms with Crippen LogP contribution in [0.5, 0.6) is 0 Å². The second-order valence-electron chi connectivity index (χ2n) is 5.68. The molecular weight excluding hydrogens is 328 g/mol. The standard InChI is InChI=1S/C13H19BrN2O2S/c1-13(2)9-16(8-7-12(13)15)19(17,18)11-5-3-10(14)4-6-11/h3-6,12H,7-9,15H2,1-2H3. The molecule has 106 valence electrons. The van der Waals surface area contributed by atoms with Gasteiger partial charge in [-0.25, -0.2) is 8.42 Å². The molecule has 1 aromatic rings. The highest BCUT2D eigenvalue weighted by Gasteiger charge is 2.38. The SMILES string of the molecule is CC1(C)CN(S(=O)(=O)c2ccc(Br)cc2)CCC1N.